The molecule has 0 saturated carbocycles. The van der Waals surface area contributed by atoms with Crippen molar-refractivity contribution in [2.75, 3.05) is 24.2 Å². The number of hydrogen-bond donors (Lipinski definition) is 1. The number of hydrogen-bond acceptors (Lipinski definition) is 4. The quantitative estimate of drug-likeness (QED) is 0.924. The molecule has 0 aliphatic carbocycles. The van der Waals surface area contributed by atoms with Crippen LogP contribution in [-0.2, 0) is 0 Å². The van der Waals surface area contributed by atoms with Crippen LogP contribution in [0.4, 0.5) is 11.5 Å². The van der Waals surface area contributed by atoms with E-state index >= 15 is 0 Å². The largest absolute Gasteiger partial charge is 0.397 e. The second kappa shape index (κ2) is 5.17. The summed E-state index contributed by atoms with van der Waals surface area (Å²) in [5.41, 5.74) is 7.39. The molecule has 4 nitrogen and oxygen atoms in total. The molecule has 0 bridgehead atoms. The van der Waals surface area contributed by atoms with Crippen molar-refractivity contribution in [2.45, 2.75) is 13.8 Å². The molecule has 1 heterocycles. The van der Waals surface area contributed by atoms with Crippen LogP contribution in [0.25, 0.3) is 0 Å². The molecular formula is C11H15BrN4. The molecule has 1 rings (SSSR count). The maximum absolute atomic E-state index is 8.77. The van der Waals surface area contributed by atoms with Gasteiger partial charge >= 0.3 is 0 Å². The molecule has 1 aromatic rings. The molecule has 1 atom stereocenters. The van der Waals surface area contributed by atoms with E-state index in [9.17, 15) is 0 Å². The molecule has 16 heavy (non-hydrogen) atoms. The van der Waals surface area contributed by atoms with Crippen molar-refractivity contribution in [3.8, 4) is 6.07 Å². The Kier molecular flexibility index (Phi) is 4.13. The average Bonchev–Trinajstić information content (AvgIpc) is 2.25. The molecule has 0 radical (unpaired) electrons. The first-order chi connectivity index (χ1) is 7.47. The first-order valence-corrected chi connectivity index (χ1v) is 5.78. The number of nitrogen functional groups attached to an aromatic ring is 1. The van der Waals surface area contributed by atoms with Gasteiger partial charge in [-0.15, -0.1) is 0 Å². The van der Waals surface area contributed by atoms with Gasteiger partial charge < -0.3 is 10.6 Å². The van der Waals surface area contributed by atoms with Gasteiger partial charge in [0.1, 0.15) is 5.82 Å². The van der Waals surface area contributed by atoms with Crippen LogP contribution in [0.15, 0.2) is 10.7 Å². The molecule has 0 aliphatic heterocycles. The summed E-state index contributed by atoms with van der Waals surface area (Å²) in [5.74, 6) is 0.783. The van der Waals surface area contributed by atoms with Crippen molar-refractivity contribution >= 4 is 27.4 Å². The standard InChI is InChI=1S/C11H15BrN4/c1-7(4-13)6-16(3)11-10(12)8(2)9(14)5-15-11/h5,7H,6,14H2,1-3H3. The Labute approximate surface area is 104 Å². The average molecular weight is 283 g/mol. The number of aromatic nitrogens is 1. The molecule has 0 amide bonds. The zero-order chi connectivity index (χ0) is 12.3. The van der Waals surface area contributed by atoms with Crippen LogP contribution in [0.1, 0.15) is 12.5 Å². The van der Waals surface area contributed by atoms with Crippen LogP contribution in [-0.4, -0.2) is 18.6 Å². The Hall–Kier alpha value is -1.28. The smallest absolute Gasteiger partial charge is 0.143 e. The lowest BCUT2D eigenvalue weighted by Crippen LogP contribution is -2.24. The molecule has 2 N–H and O–H groups in total. The summed E-state index contributed by atoms with van der Waals surface area (Å²) in [7, 11) is 1.91. The molecule has 1 unspecified atom stereocenters. The van der Waals surface area contributed by atoms with E-state index in [2.05, 4.69) is 27.0 Å². The van der Waals surface area contributed by atoms with Gasteiger partial charge in [-0.3, -0.25) is 0 Å². The minimum Gasteiger partial charge on any atom is -0.397 e. The number of anilines is 2. The van der Waals surface area contributed by atoms with Gasteiger partial charge in [0, 0.05) is 13.6 Å². The SMILES string of the molecule is Cc1c(N)cnc(N(C)CC(C)C#N)c1Br. The van der Waals surface area contributed by atoms with Crippen molar-refractivity contribution in [1.29, 1.82) is 5.26 Å². The summed E-state index contributed by atoms with van der Waals surface area (Å²) in [6.07, 6.45) is 1.64. The second-order valence-electron chi connectivity index (χ2n) is 3.89. The van der Waals surface area contributed by atoms with E-state index in [4.69, 9.17) is 11.0 Å². The van der Waals surface area contributed by atoms with Gasteiger partial charge in [-0.25, -0.2) is 4.98 Å². The zero-order valence-electron chi connectivity index (χ0n) is 9.66. The lowest BCUT2D eigenvalue weighted by atomic mass is 10.2. The molecule has 0 fully saturated rings. The van der Waals surface area contributed by atoms with Crippen LogP contribution < -0.4 is 10.6 Å². The second-order valence-corrected chi connectivity index (χ2v) is 4.68. The van der Waals surface area contributed by atoms with Crippen LogP contribution in [0.2, 0.25) is 0 Å². The van der Waals surface area contributed by atoms with Gasteiger partial charge in [-0.05, 0) is 35.3 Å². The fourth-order valence-electron chi connectivity index (χ4n) is 1.38. The molecule has 5 heteroatoms. The van der Waals surface area contributed by atoms with Crippen LogP contribution in [0, 0.1) is 24.2 Å². The maximum atomic E-state index is 8.77. The summed E-state index contributed by atoms with van der Waals surface area (Å²) in [6.45, 7) is 4.46. The fourth-order valence-corrected chi connectivity index (χ4v) is 2.02. The molecule has 1 aromatic heterocycles. The molecule has 0 aromatic carbocycles. The van der Waals surface area contributed by atoms with Crippen molar-refractivity contribution < 1.29 is 0 Å². The summed E-state index contributed by atoms with van der Waals surface area (Å²) in [5, 5.41) is 8.77. The van der Waals surface area contributed by atoms with Gasteiger partial charge in [0.25, 0.3) is 0 Å². The molecule has 0 aliphatic rings. The van der Waals surface area contributed by atoms with Crippen molar-refractivity contribution in [3.05, 3.63) is 16.2 Å². The molecule has 0 saturated heterocycles. The highest BCUT2D eigenvalue weighted by atomic mass is 79.9. The van der Waals surface area contributed by atoms with Crippen LogP contribution in [0.3, 0.4) is 0 Å². The third-order valence-corrected chi connectivity index (χ3v) is 3.36. The number of pyridine rings is 1. The van der Waals surface area contributed by atoms with Gasteiger partial charge in [-0.2, -0.15) is 5.26 Å². The van der Waals surface area contributed by atoms with Gasteiger partial charge in [0.05, 0.1) is 28.3 Å². The summed E-state index contributed by atoms with van der Waals surface area (Å²) in [6, 6.07) is 2.20. The van der Waals surface area contributed by atoms with E-state index in [-0.39, 0.29) is 5.92 Å². The molecular weight excluding hydrogens is 268 g/mol. The van der Waals surface area contributed by atoms with Crippen molar-refractivity contribution in [3.63, 3.8) is 0 Å². The van der Waals surface area contributed by atoms with E-state index in [0.717, 1.165) is 15.9 Å². The van der Waals surface area contributed by atoms with E-state index in [1.165, 1.54) is 0 Å². The normalized spacial score (nSPS) is 11.9. The third kappa shape index (κ3) is 2.64. The predicted molar refractivity (Wildman–Crippen MR) is 69.1 cm³/mol. The monoisotopic (exact) mass is 282 g/mol. The minimum atomic E-state index is -0.0310. The van der Waals surface area contributed by atoms with E-state index in [1.54, 1.807) is 6.20 Å². The van der Waals surface area contributed by atoms with Gasteiger partial charge in [-0.1, -0.05) is 0 Å². The summed E-state index contributed by atoms with van der Waals surface area (Å²) >= 11 is 3.48. The predicted octanol–water partition coefficient (Wildman–Crippen LogP) is 2.33. The Morgan fingerprint density at radius 3 is 2.88 bits per heavy atom. The number of nitrogens with two attached hydrogens (primary N) is 1. The Balaban J connectivity index is 2.97. The Morgan fingerprint density at radius 2 is 2.31 bits per heavy atom. The highest BCUT2D eigenvalue weighted by molar-refractivity contribution is 9.10. The first kappa shape index (κ1) is 12.8. The first-order valence-electron chi connectivity index (χ1n) is 4.98. The summed E-state index contributed by atoms with van der Waals surface area (Å²) in [4.78, 5) is 6.22. The number of halogens is 1. The maximum Gasteiger partial charge on any atom is 0.143 e. The van der Waals surface area contributed by atoms with Crippen LogP contribution >= 0.6 is 15.9 Å². The fraction of sp³-hybridized carbons (Fsp3) is 0.455. The highest BCUT2D eigenvalue weighted by Crippen LogP contribution is 2.29. The zero-order valence-corrected chi connectivity index (χ0v) is 11.2. The topological polar surface area (TPSA) is 65.9 Å². The van der Waals surface area contributed by atoms with Crippen molar-refractivity contribution in [1.82, 2.24) is 4.98 Å². The number of nitriles is 1. The molecule has 86 valence electrons. The Morgan fingerprint density at radius 1 is 1.69 bits per heavy atom. The lowest BCUT2D eigenvalue weighted by molar-refractivity contribution is 0.709. The number of rotatable bonds is 3. The summed E-state index contributed by atoms with van der Waals surface area (Å²) < 4.78 is 0.889. The lowest BCUT2D eigenvalue weighted by Gasteiger charge is -2.21. The van der Waals surface area contributed by atoms with Gasteiger partial charge in [0.2, 0.25) is 0 Å². The van der Waals surface area contributed by atoms with E-state index in [0.29, 0.717) is 12.2 Å². The molecule has 0 spiro atoms. The number of nitrogens with zero attached hydrogens (tertiary/aromatic N) is 3. The third-order valence-electron chi connectivity index (χ3n) is 2.41. The Bertz CT molecular complexity index is 425. The van der Waals surface area contributed by atoms with E-state index < -0.39 is 0 Å². The van der Waals surface area contributed by atoms with Crippen molar-refractivity contribution in [2.24, 2.45) is 5.92 Å². The minimum absolute atomic E-state index is 0.0310. The van der Waals surface area contributed by atoms with Crippen LogP contribution in [0.5, 0.6) is 0 Å². The van der Waals surface area contributed by atoms with Gasteiger partial charge in [0.15, 0.2) is 0 Å². The van der Waals surface area contributed by atoms with E-state index in [1.807, 2.05) is 25.8 Å². The highest BCUT2D eigenvalue weighted by Gasteiger charge is 2.13.